The van der Waals surface area contributed by atoms with Crippen LogP contribution in [0.3, 0.4) is 0 Å². The van der Waals surface area contributed by atoms with Gasteiger partial charge in [0.25, 0.3) is 5.91 Å². The highest BCUT2D eigenvalue weighted by Crippen LogP contribution is 2.36. The maximum atomic E-state index is 12.6. The second-order valence-corrected chi connectivity index (χ2v) is 8.91. The van der Waals surface area contributed by atoms with E-state index in [1.54, 1.807) is 16.2 Å². The normalized spacial score (nSPS) is 12.9. The van der Waals surface area contributed by atoms with Crippen LogP contribution in [-0.4, -0.2) is 30.6 Å². The Bertz CT molecular complexity index is 1250. The third-order valence-electron chi connectivity index (χ3n) is 5.55. The summed E-state index contributed by atoms with van der Waals surface area (Å²) in [6.45, 7) is 2.92. The molecule has 2 heterocycles. The highest BCUT2D eigenvalue weighted by Gasteiger charge is 2.26. The number of amides is 1. The van der Waals surface area contributed by atoms with Crippen molar-refractivity contribution in [2.45, 2.75) is 13.3 Å². The van der Waals surface area contributed by atoms with Crippen LogP contribution in [0, 0.1) is 6.92 Å². The van der Waals surface area contributed by atoms with Gasteiger partial charge in [-0.1, -0.05) is 48.0 Å². The molecule has 33 heavy (non-hydrogen) atoms. The molecule has 0 atom stereocenters. The number of hydrogen-bond donors (Lipinski definition) is 0. The van der Waals surface area contributed by atoms with Crippen LogP contribution in [0.15, 0.2) is 78.2 Å². The number of rotatable bonds is 7. The summed E-state index contributed by atoms with van der Waals surface area (Å²) < 4.78 is 11.5. The third-order valence-corrected chi connectivity index (χ3v) is 6.40. The van der Waals surface area contributed by atoms with Crippen LogP contribution in [0.1, 0.15) is 16.1 Å². The van der Waals surface area contributed by atoms with E-state index >= 15 is 0 Å². The first-order valence-electron chi connectivity index (χ1n) is 10.9. The van der Waals surface area contributed by atoms with Crippen molar-refractivity contribution < 1.29 is 14.3 Å². The minimum absolute atomic E-state index is 0.0365. The Morgan fingerprint density at radius 3 is 2.70 bits per heavy atom. The van der Waals surface area contributed by atoms with Gasteiger partial charge in [0.1, 0.15) is 18.1 Å². The molecule has 0 aliphatic carbocycles. The van der Waals surface area contributed by atoms with E-state index in [1.165, 1.54) is 11.1 Å². The van der Waals surface area contributed by atoms with E-state index in [0.29, 0.717) is 18.9 Å². The standard InChI is InChI=1S/C27H24N2O3S/c1-19-7-10-22(11-8-19)31-14-13-29-24-16-21(9-12-25(24)32-17-27(29)30)23-18-33-26(28-23)15-20-5-3-2-4-6-20/h2-12,16,18H,13-15,17H2,1H3. The van der Waals surface area contributed by atoms with Crippen LogP contribution in [0.25, 0.3) is 11.3 Å². The predicted molar refractivity (Wildman–Crippen MR) is 131 cm³/mol. The lowest BCUT2D eigenvalue weighted by molar-refractivity contribution is -0.121. The van der Waals surface area contributed by atoms with Gasteiger partial charge in [0.2, 0.25) is 0 Å². The molecule has 1 amide bonds. The zero-order valence-electron chi connectivity index (χ0n) is 18.4. The number of carbonyl (C=O) groups is 1. The SMILES string of the molecule is Cc1ccc(OCCN2C(=O)COc3ccc(-c4csc(Cc5ccccc5)n4)cc32)cc1. The fraction of sp³-hybridized carbons (Fsp3) is 0.185. The summed E-state index contributed by atoms with van der Waals surface area (Å²) in [5.74, 6) is 1.42. The molecular weight excluding hydrogens is 432 g/mol. The van der Waals surface area contributed by atoms with E-state index in [0.717, 1.165) is 34.1 Å². The lowest BCUT2D eigenvalue weighted by atomic mass is 10.1. The highest BCUT2D eigenvalue weighted by molar-refractivity contribution is 7.10. The quantitative estimate of drug-likeness (QED) is 0.368. The fourth-order valence-corrected chi connectivity index (χ4v) is 4.63. The molecule has 5 rings (SSSR count). The minimum atomic E-state index is -0.0739. The Kier molecular flexibility index (Phi) is 6.09. The molecule has 0 fully saturated rings. The molecule has 0 unspecified atom stereocenters. The highest BCUT2D eigenvalue weighted by atomic mass is 32.1. The van der Waals surface area contributed by atoms with E-state index in [9.17, 15) is 4.79 Å². The van der Waals surface area contributed by atoms with E-state index in [1.807, 2.05) is 67.6 Å². The van der Waals surface area contributed by atoms with Crippen LogP contribution in [-0.2, 0) is 11.2 Å². The molecule has 1 aliphatic rings. The van der Waals surface area contributed by atoms with Crippen LogP contribution in [0.5, 0.6) is 11.5 Å². The number of aromatic nitrogens is 1. The summed E-state index contributed by atoms with van der Waals surface area (Å²) in [6, 6.07) is 24.1. The van der Waals surface area contributed by atoms with Gasteiger partial charge in [-0.25, -0.2) is 4.98 Å². The van der Waals surface area contributed by atoms with Gasteiger partial charge in [0.15, 0.2) is 6.61 Å². The van der Waals surface area contributed by atoms with E-state index < -0.39 is 0 Å². The first-order valence-corrected chi connectivity index (χ1v) is 11.8. The van der Waals surface area contributed by atoms with Gasteiger partial charge in [-0.3, -0.25) is 4.79 Å². The number of nitrogens with zero attached hydrogens (tertiary/aromatic N) is 2. The monoisotopic (exact) mass is 456 g/mol. The molecule has 1 aliphatic heterocycles. The van der Waals surface area contributed by atoms with Crippen molar-refractivity contribution in [1.82, 2.24) is 4.98 Å². The van der Waals surface area contributed by atoms with Crippen molar-refractivity contribution in [1.29, 1.82) is 0 Å². The predicted octanol–water partition coefficient (Wildman–Crippen LogP) is 5.51. The lowest BCUT2D eigenvalue weighted by Crippen LogP contribution is -2.41. The number of thiazole rings is 1. The smallest absolute Gasteiger partial charge is 0.265 e. The average molecular weight is 457 g/mol. The van der Waals surface area contributed by atoms with Crippen LogP contribution in [0.4, 0.5) is 5.69 Å². The molecule has 4 aromatic rings. The molecule has 0 saturated carbocycles. The summed E-state index contributed by atoms with van der Waals surface area (Å²) in [4.78, 5) is 19.2. The second-order valence-electron chi connectivity index (χ2n) is 7.97. The van der Waals surface area contributed by atoms with Crippen molar-refractivity contribution in [3.8, 4) is 22.8 Å². The number of benzene rings is 3. The van der Waals surface area contributed by atoms with Crippen LogP contribution >= 0.6 is 11.3 Å². The molecule has 6 heteroatoms. The van der Waals surface area contributed by atoms with Crippen LogP contribution in [0.2, 0.25) is 0 Å². The Hall–Kier alpha value is -3.64. The van der Waals surface area contributed by atoms with Crippen molar-refractivity contribution in [3.05, 3.63) is 94.3 Å². The van der Waals surface area contributed by atoms with Crippen molar-refractivity contribution >= 4 is 22.9 Å². The van der Waals surface area contributed by atoms with Gasteiger partial charge < -0.3 is 14.4 Å². The molecule has 0 saturated heterocycles. The van der Waals surface area contributed by atoms with Crippen molar-refractivity contribution in [3.63, 3.8) is 0 Å². The fourth-order valence-electron chi connectivity index (χ4n) is 3.79. The molecule has 5 nitrogen and oxygen atoms in total. The lowest BCUT2D eigenvalue weighted by Gasteiger charge is -2.29. The van der Waals surface area contributed by atoms with Gasteiger partial charge in [-0.05, 0) is 42.8 Å². The Balaban J connectivity index is 1.32. The molecule has 0 bridgehead atoms. The van der Waals surface area contributed by atoms with Crippen molar-refractivity contribution in [2.75, 3.05) is 24.7 Å². The zero-order valence-corrected chi connectivity index (χ0v) is 19.2. The summed E-state index contributed by atoms with van der Waals surface area (Å²) >= 11 is 1.65. The summed E-state index contributed by atoms with van der Waals surface area (Å²) in [7, 11) is 0. The molecule has 3 aromatic carbocycles. The van der Waals surface area contributed by atoms with Crippen LogP contribution < -0.4 is 14.4 Å². The van der Waals surface area contributed by atoms with Gasteiger partial charge in [0, 0.05) is 17.4 Å². The van der Waals surface area contributed by atoms with Gasteiger partial charge >= 0.3 is 0 Å². The zero-order chi connectivity index (χ0) is 22.6. The maximum Gasteiger partial charge on any atom is 0.265 e. The minimum Gasteiger partial charge on any atom is -0.492 e. The van der Waals surface area contributed by atoms with Crippen molar-refractivity contribution in [2.24, 2.45) is 0 Å². The molecular formula is C27H24N2O3S. The topological polar surface area (TPSA) is 51.7 Å². The molecule has 1 aromatic heterocycles. The number of carbonyl (C=O) groups excluding carboxylic acids is 1. The van der Waals surface area contributed by atoms with E-state index in [2.05, 4.69) is 17.5 Å². The third kappa shape index (κ3) is 4.91. The Morgan fingerprint density at radius 2 is 1.88 bits per heavy atom. The number of aryl methyl sites for hydroxylation is 1. The van der Waals surface area contributed by atoms with E-state index in [-0.39, 0.29) is 12.5 Å². The Labute approximate surface area is 197 Å². The first kappa shape index (κ1) is 21.2. The molecule has 0 radical (unpaired) electrons. The molecule has 166 valence electrons. The number of fused-ring (bicyclic) bond motifs is 1. The van der Waals surface area contributed by atoms with Gasteiger partial charge in [-0.15, -0.1) is 11.3 Å². The average Bonchev–Trinajstić information content (AvgIpc) is 3.30. The number of hydrogen-bond acceptors (Lipinski definition) is 5. The van der Waals surface area contributed by atoms with Gasteiger partial charge in [0.05, 0.1) is 22.9 Å². The summed E-state index contributed by atoms with van der Waals surface area (Å²) in [5.41, 5.74) is 5.05. The Morgan fingerprint density at radius 1 is 1.06 bits per heavy atom. The first-order chi connectivity index (χ1) is 16.2. The summed E-state index contributed by atoms with van der Waals surface area (Å²) in [6.07, 6.45) is 0.806. The molecule has 0 spiro atoms. The number of ether oxygens (including phenoxy) is 2. The molecule has 0 N–H and O–H groups in total. The maximum absolute atomic E-state index is 12.6. The number of anilines is 1. The summed E-state index contributed by atoms with van der Waals surface area (Å²) in [5, 5.41) is 3.13. The second kappa shape index (κ2) is 9.46. The van der Waals surface area contributed by atoms with Gasteiger partial charge in [-0.2, -0.15) is 0 Å². The van der Waals surface area contributed by atoms with E-state index in [4.69, 9.17) is 14.5 Å². The largest absolute Gasteiger partial charge is 0.492 e.